The van der Waals surface area contributed by atoms with Gasteiger partial charge in [0.15, 0.2) is 0 Å². The van der Waals surface area contributed by atoms with Crippen LogP contribution in [-0.4, -0.2) is 36.6 Å². The molecule has 2 nitrogen and oxygen atoms in total. The highest BCUT2D eigenvalue weighted by molar-refractivity contribution is 4.93. The Balaban J connectivity index is 1.48. The van der Waals surface area contributed by atoms with Crippen molar-refractivity contribution >= 4 is 0 Å². The molecule has 0 aromatic carbocycles. The van der Waals surface area contributed by atoms with E-state index in [-0.39, 0.29) is 0 Å². The van der Waals surface area contributed by atoms with Crippen LogP contribution in [0.1, 0.15) is 58.3 Å². The summed E-state index contributed by atoms with van der Waals surface area (Å²) in [6.45, 7) is 6.35. The first-order chi connectivity index (χ1) is 8.85. The fourth-order valence-electron chi connectivity index (χ4n) is 3.48. The van der Waals surface area contributed by atoms with Gasteiger partial charge in [-0.2, -0.15) is 0 Å². The molecule has 0 bridgehead atoms. The van der Waals surface area contributed by atoms with Gasteiger partial charge in [0, 0.05) is 25.2 Å². The second-order valence-electron chi connectivity index (χ2n) is 6.98. The fraction of sp³-hybridized carbons (Fsp3) is 1.00. The zero-order chi connectivity index (χ0) is 12.4. The number of rotatable bonds is 7. The zero-order valence-electron chi connectivity index (χ0n) is 12.0. The highest BCUT2D eigenvalue weighted by Crippen LogP contribution is 2.33. The predicted octanol–water partition coefficient (Wildman–Crippen LogP) is 3.03. The molecule has 1 aliphatic heterocycles. The molecule has 3 fully saturated rings. The van der Waals surface area contributed by atoms with Gasteiger partial charge in [0.2, 0.25) is 0 Å². The number of nitrogens with one attached hydrogen (secondary N) is 1. The van der Waals surface area contributed by atoms with E-state index in [0.717, 1.165) is 23.9 Å². The molecular weight excluding hydrogens is 220 g/mol. The lowest BCUT2D eigenvalue weighted by atomic mass is 9.89. The number of piperidine rings is 1. The maximum Gasteiger partial charge on any atom is 0.0198 e. The highest BCUT2D eigenvalue weighted by atomic mass is 15.2. The molecule has 1 heterocycles. The monoisotopic (exact) mass is 250 g/mol. The lowest BCUT2D eigenvalue weighted by molar-refractivity contribution is 0.127. The average molecular weight is 250 g/mol. The van der Waals surface area contributed by atoms with Crippen LogP contribution in [0, 0.1) is 11.8 Å². The van der Waals surface area contributed by atoms with Gasteiger partial charge in [-0.3, -0.25) is 4.90 Å². The van der Waals surface area contributed by atoms with Crippen LogP contribution in [0.3, 0.4) is 0 Å². The largest absolute Gasteiger partial charge is 0.312 e. The SMILES string of the molecule is CCCCC1CC(NCC2CC2)CN(C2CC2)C1. The van der Waals surface area contributed by atoms with E-state index in [1.165, 1.54) is 71.0 Å². The first-order valence-corrected chi connectivity index (χ1v) is 8.32. The lowest BCUT2D eigenvalue weighted by Gasteiger charge is -2.38. The van der Waals surface area contributed by atoms with Crippen molar-refractivity contribution in [3.8, 4) is 0 Å². The number of hydrogen-bond acceptors (Lipinski definition) is 2. The van der Waals surface area contributed by atoms with Gasteiger partial charge in [0.25, 0.3) is 0 Å². The molecule has 3 aliphatic rings. The fourth-order valence-corrected chi connectivity index (χ4v) is 3.48. The summed E-state index contributed by atoms with van der Waals surface area (Å²) in [6, 6.07) is 1.75. The third-order valence-electron chi connectivity index (χ3n) is 4.99. The van der Waals surface area contributed by atoms with E-state index >= 15 is 0 Å². The van der Waals surface area contributed by atoms with Gasteiger partial charge in [-0.15, -0.1) is 0 Å². The Morgan fingerprint density at radius 1 is 1.06 bits per heavy atom. The second kappa shape index (κ2) is 5.92. The highest BCUT2D eigenvalue weighted by Gasteiger charge is 2.36. The standard InChI is InChI=1S/C16H30N2/c1-2-3-4-14-9-15(17-10-13-5-6-13)12-18(11-14)16-7-8-16/h13-17H,2-12H2,1H3. The topological polar surface area (TPSA) is 15.3 Å². The van der Waals surface area contributed by atoms with Crippen LogP contribution in [0.4, 0.5) is 0 Å². The summed E-state index contributed by atoms with van der Waals surface area (Å²) in [7, 11) is 0. The van der Waals surface area contributed by atoms with Crippen molar-refractivity contribution < 1.29 is 0 Å². The Hall–Kier alpha value is -0.0800. The maximum atomic E-state index is 3.86. The van der Waals surface area contributed by atoms with Gasteiger partial charge >= 0.3 is 0 Å². The first kappa shape index (κ1) is 12.9. The van der Waals surface area contributed by atoms with Crippen molar-refractivity contribution in [2.24, 2.45) is 11.8 Å². The van der Waals surface area contributed by atoms with E-state index < -0.39 is 0 Å². The molecule has 0 spiro atoms. The second-order valence-corrected chi connectivity index (χ2v) is 6.98. The van der Waals surface area contributed by atoms with Crippen LogP contribution < -0.4 is 5.32 Å². The molecule has 3 rings (SSSR count). The van der Waals surface area contributed by atoms with E-state index in [1.807, 2.05) is 0 Å². The third kappa shape index (κ3) is 3.71. The molecule has 2 unspecified atom stereocenters. The maximum absolute atomic E-state index is 3.86. The first-order valence-electron chi connectivity index (χ1n) is 8.32. The van der Waals surface area contributed by atoms with Crippen molar-refractivity contribution in [3.05, 3.63) is 0 Å². The summed E-state index contributed by atoms with van der Waals surface area (Å²) in [5.41, 5.74) is 0. The Morgan fingerprint density at radius 3 is 2.56 bits per heavy atom. The summed E-state index contributed by atoms with van der Waals surface area (Å²) in [6.07, 6.45) is 11.6. The summed E-state index contributed by atoms with van der Waals surface area (Å²) in [5.74, 6) is 1.99. The van der Waals surface area contributed by atoms with E-state index in [4.69, 9.17) is 0 Å². The van der Waals surface area contributed by atoms with E-state index in [1.54, 1.807) is 0 Å². The van der Waals surface area contributed by atoms with Crippen LogP contribution in [0.15, 0.2) is 0 Å². The predicted molar refractivity (Wildman–Crippen MR) is 76.7 cm³/mol. The molecule has 2 heteroatoms. The number of unbranched alkanes of at least 4 members (excludes halogenated alkanes) is 1. The molecule has 104 valence electrons. The smallest absolute Gasteiger partial charge is 0.0198 e. The van der Waals surface area contributed by atoms with Crippen LogP contribution in [-0.2, 0) is 0 Å². The van der Waals surface area contributed by atoms with Crippen molar-refractivity contribution in [2.75, 3.05) is 19.6 Å². The van der Waals surface area contributed by atoms with Gasteiger partial charge < -0.3 is 5.32 Å². The van der Waals surface area contributed by atoms with Crippen molar-refractivity contribution in [1.29, 1.82) is 0 Å². The summed E-state index contributed by atoms with van der Waals surface area (Å²) in [4.78, 5) is 2.80. The molecule has 0 radical (unpaired) electrons. The van der Waals surface area contributed by atoms with Crippen LogP contribution in [0.5, 0.6) is 0 Å². The molecule has 1 saturated heterocycles. The molecule has 0 amide bonds. The Bertz CT molecular complexity index is 258. The minimum absolute atomic E-state index is 0.793. The molecule has 0 aromatic heterocycles. The van der Waals surface area contributed by atoms with Gasteiger partial charge in [-0.25, -0.2) is 0 Å². The minimum Gasteiger partial charge on any atom is -0.312 e. The van der Waals surface area contributed by atoms with Gasteiger partial charge in [0.1, 0.15) is 0 Å². The number of hydrogen-bond donors (Lipinski definition) is 1. The third-order valence-corrected chi connectivity index (χ3v) is 4.99. The Kier molecular flexibility index (Phi) is 4.25. The number of nitrogens with zero attached hydrogens (tertiary/aromatic N) is 1. The van der Waals surface area contributed by atoms with Crippen molar-refractivity contribution in [3.63, 3.8) is 0 Å². The van der Waals surface area contributed by atoms with Crippen LogP contribution in [0.25, 0.3) is 0 Å². The normalized spacial score (nSPS) is 33.8. The van der Waals surface area contributed by atoms with Crippen LogP contribution in [0.2, 0.25) is 0 Å². The Labute approximate surface area is 113 Å². The molecule has 1 N–H and O–H groups in total. The average Bonchev–Trinajstić information content (AvgIpc) is 3.27. The van der Waals surface area contributed by atoms with Crippen LogP contribution >= 0.6 is 0 Å². The molecule has 18 heavy (non-hydrogen) atoms. The van der Waals surface area contributed by atoms with Gasteiger partial charge in [-0.05, 0) is 56.9 Å². The quantitative estimate of drug-likeness (QED) is 0.747. The molecule has 2 atom stereocenters. The zero-order valence-corrected chi connectivity index (χ0v) is 12.0. The molecular formula is C16H30N2. The Morgan fingerprint density at radius 2 is 1.89 bits per heavy atom. The molecule has 2 aliphatic carbocycles. The summed E-state index contributed by atoms with van der Waals surface area (Å²) in [5, 5.41) is 3.86. The molecule has 0 aromatic rings. The van der Waals surface area contributed by atoms with Gasteiger partial charge in [0.05, 0.1) is 0 Å². The molecule has 2 saturated carbocycles. The summed E-state index contributed by atoms with van der Waals surface area (Å²) >= 11 is 0. The number of likely N-dealkylation sites (tertiary alicyclic amines) is 1. The minimum atomic E-state index is 0.793. The van der Waals surface area contributed by atoms with Crippen molar-refractivity contribution in [1.82, 2.24) is 10.2 Å². The summed E-state index contributed by atoms with van der Waals surface area (Å²) < 4.78 is 0. The van der Waals surface area contributed by atoms with Gasteiger partial charge in [-0.1, -0.05) is 19.8 Å². The van der Waals surface area contributed by atoms with E-state index in [9.17, 15) is 0 Å². The van der Waals surface area contributed by atoms with Crippen molar-refractivity contribution in [2.45, 2.75) is 70.4 Å². The van der Waals surface area contributed by atoms with E-state index in [2.05, 4.69) is 17.1 Å². The lowest BCUT2D eigenvalue weighted by Crippen LogP contribution is -2.50. The van der Waals surface area contributed by atoms with E-state index in [0.29, 0.717) is 0 Å².